The van der Waals surface area contributed by atoms with Crippen molar-refractivity contribution in [1.82, 2.24) is 25.4 Å². The van der Waals surface area contributed by atoms with Gasteiger partial charge in [-0.1, -0.05) is 72.4 Å². The number of carbonyl (C=O) groups is 1. The topological polar surface area (TPSA) is 73.9 Å². The summed E-state index contributed by atoms with van der Waals surface area (Å²) in [5, 5.41) is 10.7. The molecular weight excluding hydrogens is 358 g/mol. The lowest BCUT2D eigenvalue weighted by Crippen LogP contribution is -2.35. The van der Waals surface area contributed by atoms with Crippen molar-refractivity contribution < 1.29 is 4.79 Å². The van der Waals surface area contributed by atoms with E-state index in [2.05, 4.69) is 37.5 Å². The number of carbonyl (C=O) groups excluding carboxylic acids is 1. The minimum Gasteiger partial charge on any atom is -0.353 e. The van der Waals surface area contributed by atoms with Crippen LogP contribution in [-0.2, 0) is 4.79 Å². The Labute approximate surface area is 163 Å². The van der Waals surface area contributed by atoms with E-state index in [9.17, 15) is 4.79 Å². The molecule has 1 heterocycles. The van der Waals surface area contributed by atoms with E-state index < -0.39 is 0 Å². The third kappa shape index (κ3) is 5.42. The zero-order valence-electron chi connectivity index (χ0n) is 15.4. The van der Waals surface area contributed by atoms with E-state index in [4.69, 9.17) is 0 Å². The standard InChI is InChI=1S/C20H23N5OS/c1-25(2)17(15-9-5-3-6-10-15)13-21-18(26)14-27-20-22-19(23-24-20)16-11-7-4-8-12-16/h3-12,17H,13-14H2,1-2H3,(H,21,26)(H,22,23,24)/t17-/m0/s1. The Bertz CT molecular complexity index is 851. The number of aromatic nitrogens is 3. The monoisotopic (exact) mass is 381 g/mol. The average molecular weight is 382 g/mol. The summed E-state index contributed by atoms with van der Waals surface area (Å²) in [6.45, 7) is 0.555. The molecule has 0 aliphatic heterocycles. The molecule has 0 radical (unpaired) electrons. The fourth-order valence-electron chi connectivity index (χ4n) is 2.70. The quantitative estimate of drug-likeness (QED) is 0.587. The highest BCUT2D eigenvalue weighted by Gasteiger charge is 2.15. The molecule has 6 nitrogen and oxygen atoms in total. The molecule has 140 valence electrons. The van der Waals surface area contributed by atoms with Crippen LogP contribution in [0.4, 0.5) is 0 Å². The zero-order valence-corrected chi connectivity index (χ0v) is 16.2. The maximum atomic E-state index is 12.2. The van der Waals surface area contributed by atoms with Gasteiger partial charge in [-0.3, -0.25) is 9.89 Å². The van der Waals surface area contributed by atoms with Crippen molar-refractivity contribution in [2.24, 2.45) is 0 Å². The van der Waals surface area contributed by atoms with Gasteiger partial charge in [-0.15, -0.1) is 5.10 Å². The number of thioether (sulfide) groups is 1. The van der Waals surface area contributed by atoms with Gasteiger partial charge in [0.15, 0.2) is 5.82 Å². The number of H-pyrrole nitrogens is 1. The smallest absolute Gasteiger partial charge is 0.230 e. The minimum absolute atomic E-state index is 0.0335. The molecule has 27 heavy (non-hydrogen) atoms. The zero-order chi connectivity index (χ0) is 19.1. The summed E-state index contributed by atoms with van der Waals surface area (Å²) in [5.74, 6) is 0.949. The van der Waals surface area contributed by atoms with Gasteiger partial charge in [-0.25, -0.2) is 4.98 Å². The van der Waals surface area contributed by atoms with E-state index in [1.807, 2.05) is 62.6 Å². The van der Waals surface area contributed by atoms with Gasteiger partial charge in [0.1, 0.15) is 0 Å². The minimum atomic E-state index is -0.0335. The molecule has 3 aromatic rings. The Morgan fingerprint density at radius 1 is 1.11 bits per heavy atom. The van der Waals surface area contributed by atoms with E-state index in [0.29, 0.717) is 17.5 Å². The summed E-state index contributed by atoms with van der Waals surface area (Å²) in [4.78, 5) is 18.8. The molecule has 0 unspecified atom stereocenters. The molecule has 0 aliphatic rings. The van der Waals surface area contributed by atoms with Gasteiger partial charge in [0.2, 0.25) is 11.1 Å². The first-order chi connectivity index (χ1) is 13.1. The summed E-state index contributed by atoms with van der Waals surface area (Å²) in [6, 6.07) is 20.1. The molecule has 2 aromatic carbocycles. The molecular formula is C20H23N5OS. The van der Waals surface area contributed by atoms with Crippen molar-refractivity contribution in [2.75, 3.05) is 26.4 Å². The molecule has 0 spiro atoms. The molecule has 7 heteroatoms. The Kier molecular flexibility index (Phi) is 6.62. The lowest BCUT2D eigenvalue weighted by Gasteiger charge is -2.25. The maximum Gasteiger partial charge on any atom is 0.230 e. The number of likely N-dealkylation sites (N-methyl/N-ethyl adjacent to an activating group) is 1. The van der Waals surface area contributed by atoms with Crippen LogP contribution in [-0.4, -0.2) is 52.4 Å². The molecule has 1 amide bonds. The van der Waals surface area contributed by atoms with Crippen LogP contribution in [0.3, 0.4) is 0 Å². The highest BCUT2D eigenvalue weighted by molar-refractivity contribution is 7.99. The maximum absolute atomic E-state index is 12.2. The normalized spacial score (nSPS) is 12.1. The second-order valence-corrected chi connectivity index (χ2v) is 7.26. The van der Waals surface area contributed by atoms with Crippen molar-refractivity contribution in [3.8, 4) is 11.4 Å². The molecule has 0 saturated carbocycles. The highest BCUT2D eigenvalue weighted by atomic mass is 32.2. The van der Waals surface area contributed by atoms with Crippen molar-refractivity contribution in [1.29, 1.82) is 0 Å². The highest BCUT2D eigenvalue weighted by Crippen LogP contribution is 2.19. The molecule has 1 aromatic heterocycles. The van der Waals surface area contributed by atoms with Crippen molar-refractivity contribution >= 4 is 17.7 Å². The Hall–Kier alpha value is -2.64. The summed E-state index contributed by atoms with van der Waals surface area (Å²) in [5.41, 5.74) is 2.15. The summed E-state index contributed by atoms with van der Waals surface area (Å²) in [7, 11) is 4.02. The summed E-state index contributed by atoms with van der Waals surface area (Å²) < 4.78 is 0. The predicted octanol–water partition coefficient (Wildman–Crippen LogP) is 2.98. The Morgan fingerprint density at radius 2 is 1.78 bits per heavy atom. The number of amides is 1. The number of hydrogen-bond donors (Lipinski definition) is 2. The third-order valence-corrected chi connectivity index (χ3v) is 4.99. The second-order valence-electron chi connectivity index (χ2n) is 6.32. The van der Waals surface area contributed by atoms with Crippen LogP contribution in [0.15, 0.2) is 65.8 Å². The van der Waals surface area contributed by atoms with Crippen LogP contribution in [0.1, 0.15) is 11.6 Å². The first-order valence-electron chi connectivity index (χ1n) is 8.72. The van der Waals surface area contributed by atoms with Gasteiger partial charge < -0.3 is 10.2 Å². The molecule has 1 atom stereocenters. The molecule has 0 fully saturated rings. The predicted molar refractivity (Wildman–Crippen MR) is 108 cm³/mol. The van der Waals surface area contributed by atoms with E-state index in [1.54, 1.807) is 0 Å². The third-order valence-electron chi connectivity index (χ3n) is 4.14. The number of rotatable bonds is 8. The number of benzene rings is 2. The Balaban J connectivity index is 1.50. The van der Waals surface area contributed by atoms with Crippen molar-refractivity contribution in [2.45, 2.75) is 11.2 Å². The van der Waals surface area contributed by atoms with Gasteiger partial charge in [0, 0.05) is 12.1 Å². The van der Waals surface area contributed by atoms with Gasteiger partial charge in [-0.2, -0.15) is 0 Å². The van der Waals surface area contributed by atoms with E-state index in [0.717, 1.165) is 5.56 Å². The number of aromatic amines is 1. The van der Waals surface area contributed by atoms with Crippen LogP contribution in [0.2, 0.25) is 0 Å². The fourth-order valence-corrected chi connectivity index (χ4v) is 3.33. The van der Waals surface area contributed by atoms with Crippen LogP contribution >= 0.6 is 11.8 Å². The summed E-state index contributed by atoms with van der Waals surface area (Å²) in [6.07, 6.45) is 0. The molecule has 0 saturated heterocycles. The summed E-state index contributed by atoms with van der Waals surface area (Å²) >= 11 is 1.32. The Morgan fingerprint density at radius 3 is 2.44 bits per heavy atom. The van der Waals surface area contributed by atoms with Crippen LogP contribution in [0, 0.1) is 0 Å². The second kappa shape index (κ2) is 9.34. The SMILES string of the molecule is CN(C)[C@@H](CNC(=O)CSc1n[nH]c(-c2ccccc2)n1)c1ccccc1. The molecule has 3 rings (SSSR count). The lowest BCUT2D eigenvalue weighted by atomic mass is 10.1. The first kappa shape index (κ1) is 19.1. The van der Waals surface area contributed by atoms with Crippen LogP contribution in [0.25, 0.3) is 11.4 Å². The number of nitrogens with one attached hydrogen (secondary N) is 2. The van der Waals surface area contributed by atoms with Crippen LogP contribution < -0.4 is 5.32 Å². The van der Waals surface area contributed by atoms with Gasteiger partial charge in [-0.05, 0) is 19.7 Å². The fraction of sp³-hybridized carbons (Fsp3) is 0.250. The average Bonchev–Trinajstić information content (AvgIpc) is 3.17. The lowest BCUT2D eigenvalue weighted by molar-refractivity contribution is -0.118. The molecule has 0 aliphatic carbocycles. The van der Waals surface area contributed by atoms with E-state index >= 15 is 0 Å². The van der Waals surface area contributed by atoms with Gasteiger partial charge in [0.05, 0.1) is 11.8 Å². The number of hydrogen-bond acceptors (Lipinski definition) is 5. The number of nitrogens with zero attached hydrogens (tertiary/aromatic N) is 3. The van der Waals surface area contributed by atoms with Crippen LogP contribution in [0.5, 0.6) is 0 Å². The van der Waals surface area contributed by atoms with Gasteiger partial charge in [0.25, 0.3) is 0 Å². The van der Waals surface area contributed by atoms with E-state index in [1.165, 1.54) is 17.3 Å². The van der Waals surface area contributed by atoms with Gasteiger partial charge >= 0.3 is 0 Å². The van der Waals surface area contributed by atoms with Crippen molar-refractivity contribution in [3.63, 3.8) is 0 Å². The molecule has 0 bridgehead atoms. The first-order valence-corrected chi connectivity index (χ1v) is 9.70. The molecule has 2 N–H and O–H groups in total. The van der Waals surface area contributed by atoms with E-state index in [-0.39, 0.29) is 17.7 Å². The largest absolute Gasteiger partial charge is 0.353 e. The van der Waals surface area contributed by atoms with Crippen molar-refractivity contribution in [3.05, 3.63) is 66.2 Å².